The highest BCUT2D eigenvalue weighted by Gasteiger charge is 2.40. The number of benzene rings is 1. The Bertz CT molecular complexity index is 562. The van der Waals surface area contributed by atoms with E-state index in [0.717, 1.165) is 28.4 Å². The molecule has 4 nitrogen and oxygen atoms in total. The molecular weight excluding hydrogens is 381 g/mol. The summed E-state index contributed by atoms with van der Waals surface area (Å²) in [6.07, 6.45) is 6.85. The summed E-state index contributed by atoms with van der Waals surface area (Å²) in [6.45, 7) is 0. The van der Waals surface area contributed by atoms with Crippen LogP contribution >= 0.6 is 22.6 Å². The van der Waals surface area contributed by atoms with Crippen molar-refractivity contribution in [2.24, 2.45) is 0 Å². The highest BCUT2D eigenvalue weighted by Crippen LogP contribution is 2.28. The first kappa shape index (κ1) is 16.0. The van der Waals surface area contributed by atoms with Gasteiger partial charge in [0.15, 0.2) is 0 Å². The van der Waals surface area contributed by atoms with Crippen molar-refractivity contribution in [2.45, 2.75) is 37.6 Å². The second kappa shape index (κ2) is 7.06. The van der Waals surface area contributed by atoms with Crippen molar-refractivity contribution in [1.29, 1.82) is 0 Å². The van der Waals surface area contributed by atoms with Crippen LogP contribution in [0.15, 0.2) is 30.3 Å². The van der Waals surface area contributed by atoms with Crippen LogP contribution in [-0.4, -0.2) is 22.5 Å². The first-order chi connectivity index (χ1) is 10.0. The minimum Gasteiger partial charge on any atom is -0.480 e. The monoisotopic (exact) mass is 399 g/mol. The van der Waals surface area contributed by atoms with Crippen LogP contribution in [0.2, 0.25) is 0 Å². The number of hydrogen-bond donors (Lipinski definition) is 2. The summed E-state index contributed by atoms with van der Waals surface area (Å²) in [5.41, 5.74) is -0.148. The molecule has 2 N–H and O–H groups in total. The zero-order valence-corrected chi connectivity index (χ0v) is 13.8. The molecule has 0 aromatic heterocycles. The average molecular weight is 399 g/mol. The fourth-order valence-electron chi connectivity index (χ4n) is 2.60. The van der Waals surface area contributed by atoms with Crippen LogP contribution in [0.1, 0.15) is 37.7 Å². The molecule has 0 spiro atoms. The lowest BCUT2D eigenvalue weighted by Gasteiger charge is -2.33. The van der Waals surface area contributed by atoms with E-state index in [2.05, 4.69) is 27.9 Å². The minimum absolute atomic E-state index is 0.348. The maximum absolute atomic E-state index is 12.0. The van der Waals surface area contributed by atoms with Crippen molar-refractivity contribution >= 4 is 40.5 Å². The predicted octanol–water partition coefficient (Wildman–Crippen LogP) is 3.21. The lowest BCUT2D eigenvalue weighted by atomic mass is 9.81. The molecular formula is C16H18INO3. The maximum Gasteiger partial charge on any atom is 0.329 e. The smallest absolute Gasteiger partial charge is 0.329 e. The Morgan fingerprint density at radius 3 is 2.48 bits per heavy atom. The van der Waals surface area contributed by atoms with Gasteiger partial charge in [-0.3, -0.25) is 4.79 Å². The van der Waals surface area contributed by atoms with E-state index in [1.807, 2.05) is 24.3 Å². The van der Waals surface area contributed by atoms with Crippen molar-refractivity contribution in [3.05, 3.63) is 39.5 Å². The summed E-state index contributed by atoms with van der Waals surface area (Å²) >= 11 is 2.20. The Morgan fingerprint density at radius 2 is 1.86 bits per heavy atom. The Kier molecular flexibility index (Phi) is 5.39. The van der Waals surface area contributed by atoms with E-state index in [1.165, 1.54) is 6.08 Å². The molecule has 0 bridgehead atoms. The van der Waals surface area contributed by atoms with Crippen LogP contribution in [0.4, 0.5) is 0 Å². The molecule has 1 amide bonds. The minimum atomic E-state index is -1.09. The van der Waals surface area contributed by atoms with Gasteiger partial charge in [0.1, 0.15) is 5.54 Å². The van der Waals surface area contributed by atoms with Gasteiger partial charge in [0.25, 0.3) is 0 Å². The van der Waals surface area contributed by atoms with Gasteiger partial charge in [-0.1, -0.05) is 37.5 Å². The molecule has 2 rings (SSSR count). The maximum atomic E-state index is 12.0. The van der Waals surface area contributed by atoms with E-state index in [4.69, 9.17) is 0 Å². The Hall–Kier alpha value is -1.37. The third-order valence-corrected chi connectivity index (χ3v) is 4.78. The number of carboxylic acids is 1. The fraction of sp³-hybridized carbons (Fsp3) is 0.375. The lowest BCUT2D eigenvalue weighted by Crippen LogP contribution is -2.55. The number of rotatable bonds is 4. The van der Waals surface area contributed by atoms with E-state index < -0.39 is 11.5 Å². The van der Waals surface area contributed by atoms with Gasteiger partial charge >= 0.3 is 5.97 Å². The molecule has 1 saturated carbocycles. The first-order valence-electron chi connectivity index (χ1n) is 7.02. The summed E-state index contributed by atoms with van der Waals surface area (Å²) in [5, 5.41) is 12.1. The van der Waals surface area contributed by atoms with Gasteiger partial charge < -0.3 is 10.4 Å². The molecule has 0 aliphatic heterocycles. The van der Waals surface area contributed by atoms with Gasteiger partial charge in [-0.05, 0) is 53.1 Å². The summed E-state index contributed by atoms with van der Waals surface area (Å²) < 4.78 is 1.05. The summed E-state index contributed by atoms with van der Waals surface area (Å²) in [4.78, 5) is 23.5. The van der Waals surface area contributed by atoms with E-state index in [1.54, 1.807) is 6.08 Å². The Balaban J connectivity index is 2.06. The van der Waals surface area contributed by atoms with Crippen LogP contribution in [0.5, 0.6) is 0 Å². The van der Waals surface area contributed by atoms with Gasteiger partial charge in [-0.2, -0.15) is 0 Å². The number of amides is 1. The molecule has 1 aromatic rings. The van der Waals surface area contributed by atoms with Gasteiger partial charge in [0.05, 0.1) is 0 Å². The molecule has 1 fully saturated rings. The summed E-state index contributed by atoms with van der Waals surface area (Å²) in [5.74, 6) is -1.28. The van der Waals surface area contributed by atoms with E-state index in [9.17, 15) is 14.7 Å². The molecule has 0 saturated heterocycles. The highest BCUT2D eigenvalue weighted by molar-refractivity contribution is 14.1. The van der Waals surface area contributed by atoms with Gasteiger partial charge in [-0.25, -0.2) is 4.79 Å². The molecule has 1 aromatic carbocycles. The fourth-order valence-corrected chi connectivity index (χ4v) is 3.17. The first-order valence-corrected chi connectivity index (χ1v) is 8.09. The SMILES string of the molecule is O=C(/C=C/c1ccccc1I)NC1(C(=O)O)CCCCC1. The van der Waals surface area contributed by atoms with Crippen LogP contribution in [0.3, 0.4) is 0 Å². The topological polar surface area (TPSA) is 66.4 Å². The summed E-state index contributed by atoms with van der Waals surface area (Å²) in [6, 6.07) is 7.71. The number of carbonyl (C=O) groups is 2. The number of aliphatic carboxylic acids is 1. The third kappa shape index (κ3) is 4.06. The molecule has 0 heterocycles. The molecule has 0 atom stereocenters. The molecule has 0 radical (unpaired) electrons. The van der Waals surface area contributed by atoms with Gasteiger partial charge in [-0.15, -0.1) is 0 Å². The lowest BCUT2D eigenvalue weighted by molar-refractivity contribution is -0.148. The van der Waals surface area contributed by atoms with Gasteiger partial charge in [0, 0.05) is 9.65 Å². The largest absolute Gasteiger partial charge is 0.480 e. The van der Waals surface area contributed by atoms with E-state index >= 15 is 0 Å². The number of nitrogens with one attached hydrogen (secondary N) is 1. The average Bonchev–Trinajstić information content (AvgIpc) is 2.47. The number of carbonyl (C=O) groups excluding carboxylic acids is 1. The number of halogens is 1. The Morgan fingerprint density at radius 1 is 1.19 bits per heavy atom. The Labute approximate surface area is 137 Å². The molecule has 1 aliphatic rings. The van der Waals surface area contributed by atoms with Crippen molar-refractivity contribution in [1.82, 2.24) is 5.32 Å². The second-order valence-electron chi connectivity index (χ2n) is 5.29. The highest BCUT2D eigenvalue weighted by atomic mass is 127. The quantitative estimate of drug-likeness (QED) is 0.604. The zero-order chi connectivity index (χ0) is 15.3. The molecule has 112 valence electrons. The number of carboxylic acid groups (broad SMARTS) is 1. The van der Waals surface area contributed by atoms with Crippen LogP contribution in [0.25, 0.3) is 6.08 Å². The van der Waals surface area contributed by atoms with E-state index in [-0.39, 0.29) is 5.91 Å². The second-order valence-corrected chi connectivity index (χ2v) is 6.45. The predicted molar refractivity (Wildman–Crippen MR) is 89.8 cm³/mol. The zero-order valence-electron chi connectivity index (χ0n) is 11.6. The standard InChI is InChI=1S/C16H18INO3/c17-13-7-3-2-6-12(13)8-9-14(19)18-16(15(20)21)10-4-1-5-11-16/h2-3,6-9H,1,4-5,10-11H2,(H,18,19)(H,20,21)/b9-8+. The van der Waals surface area contributed by atoms with Crippen molar-refractivity contribution in [2.75, 3.05) is 0 Å². The molecule has 1 aliphatic carbocycles. The number of hydrogen-bond acceptors (Lipinski definition) is 2. The normalized spacial score (nSPS) is 17.6. The molecule has 5 heteroatoms. The van der Waals surface area contributed by atoms with E-state index in [0.29, 0.717) is 12.8 Å². The van der Waals surface area contributed by atoms with Crippen LogP contribution < -0.4 is 5.32 Å². The van der Waals surface area contributed by atoms with Crippen molar-refractivity contribution in [3.8, 4) is 0 Å². The molecule has 21 heavy (non-hydrogen) atoms. The van der Waals surface area contributed by atoms with Crippen LogP contribution in [-0.2, 0) is 9.59 Å². The summed E-state index contributed by atoms with van der Waals surface area (Å²) in [7, 11) is 0. The van der Waals surface area contributed by atoms with Crippen molar-refractivity contribution < 1.29 is 14.7 Å². The van der Waals surface area contributed by atoms with Crippen LogP contribution in [0, 0.1) is 3.57 Å². The van der Waals surface area contributed by atoms with Gasteiger partial charge in [0.2, 0.25) is 5.91 Å². The molecule has 0 unspecified atom stereocenters. The van der Waals surface area contributed by atoms with Crippen molar-refractivity contribution in [3.63, 3.8) is 0 Å². The third-order valence-electron chi connectivity index (χ3n) is 3.80.